The number of urea groups is 1. The Hall–Kier alpha value is -4.04. The molecule has 0 radical (unpaired) electrons. The number of para-hydroxylation sites is 1. The first-order valence-electron chi connectivity index (χ1n) is 12.8. The topological polar surface area (TPSA) is 76.2 Å². The Labute approximate surface area is 221 Å². The first-order chi connectivity index (χ1) is 18.3. The number of halogens is 2. The monoisotopic (exact) mass is 515 g/mol. The molecule has 0 saturated carbocycles. The van der Waals surface area contributed by atoms with E-state index in [9.17, 15) is 4.79 Å². The van der Waals surface area contributed by atoms with Crippen LogP contribution in [0.15, 0.2) is 60.7 Å². The second kappa shape index (κ2) is 10.4. The van der Waals surface area contributed by atoms with E-state index in [0.29, 0.717) is 18.7 Å². The van der Waals surface area contributed by atoms with Crippen molar-refractivity contribution in [2.24, 2.45) is 5.73 Å². The predicted molar refractivity (Wildman–Crippen MR) is 145 cm³/mol. The Bertz CT molecular complexity index is 1480. The van der Waals surface area contributed by atoms with Gasteiger partial charge in [-0.25, -0.2) is 18.3 Å². The number of hydrogen-bond donors (Lipinski definition) is 2. The van der Waals surface area contributed by atoms with E-state index < -0.39 is 17.7 Å². The molecule has 4 aromatic rings. The van der Waals surface area contributed by atoms with E-state index in [-0.39, 0.29) is 17.3 Å². The number of nitrogens with one attached hydrogen (secondary N) is 1. The SMILES string of the molecule is CCC(c1ccccc1)N1CCc2nn(-c3c(C)cccc3C)c(-c3cc(F)c(NC(N)=O)cc3F)c2C1. The summed E-state index contributed by atoms with van der Waals surface area (Å²) >= 11 is 0. The molecule has 2 amide bonds. The maximum atomic E-state index is 15.7. The minimum atomic E-state index is -0.962. The first kappa shape index (κ1) is 25.6. The van der Waals surface area contributed by atoms with Crippen LogP contribution in [-0.4, -0.2) is 27.3 Å². The van der Waals surface area contributed by atoms with Crippen molar-refractivity contribution in [3.63, 3.8) is 0 Å². The molecule has 38 heavy (non-hydrogen) atoms. The third kappa shape index (κ3) is 4.67. The molecule has 2 heterocycles. The van der Waals surface area contributed by atoms with Gasteiger partial charge in [-0.15, -0.1) is 0 Å². The smallest absolute Gasteiger partial charge is 0.316 e. The summed E-state index contributed by atoms with van der Waals surface area (Å²) in [5.74, 6) is -1.44. The Morgan fingerprint density at radius 1 is 1.05 bits per heavy atom. The minimum Gasteiger partial charge on any atom is -0.351 e. The van der Waals surface area contributed by atoms with E-state index in [1.165, 1.54) is 5.56 Å². The molecule has 1 aromatic heterocycles. The van der Waals surface area contributed by atoms with Gasteiger partial charge in [-0.2, -0.15) is 5.10 Å². The van der Waals surface area contributed by atoms with Gasteiger partial charge in [0.15, 0.2) is 0 Å². The summed E-state index contributed by atoms with van der Waals surface area (Å²) in [7, 11) is 0. The summed E-state index contributed by atoms with van der Waals surface area (Å²) < 4.78 is 32.6. The van der Waals surface area contributed by atoms with E-state index in [4.69, 9.17) is 10.8 Å². The number of amides is 2. The molecule has 5 rings (SSSR count). The molecule has 0 saturated heterocycles. The van der Waals surface area contributed by atoms with Crippen molar-refractivity contribution in [2.45, 2.75) is 46.2 Å². The molecule has 1 unspecified atom stereocenters. The summed E-state index contributed by atoms with van der Waals surface area (Å²) in [6, 6.07) is 17.6. The summed E-state index contributed by atoms with van der Waals surface area (Å²) in [4.78, 5) is 13.7. The van der Waals surface area contributed by atoms with Gasteiger partial charge in [0.1, 0.15) is 11.6 Å². The number of carbonyl (C=O) groups is 1. The summed E-state index contributed by atoms with van der Waals surface area (Å²) in [5.41, 5.74) is 11.2. The fourth-order valence-corrected chi connectivity index (χ4v) is 5.58. The van der Waals surface area contributed by atoms with Gasteiger partial charge in [-0.1, -0.05) is 55.5 Å². The first-order valence-corrected chi connectivity index (χ1v) is 12.8. The molecule has 3 N–H and O–H groups in total. The van der Waals surface area contributed by atoms with Gasteiger partial charge >= 0.3 is 6.03 Å². The number of nitrogens with zero attached hydrogens (tertiary/aromatic N) is 3. The Balaban J connectivity index is 1.69. The highest BCUT2D eigenvalue weighted by molar-refractivity contribution is 5.88. The maximum absolute atomic E-state index is 15.7. The normalized spacial score (nSPS) is 14.2. The van der Waals surface area contributed by atoms with Gasteiger partial charge in [0.05, 0.1) is 22.8 Å². The molecule has 6 nitrogen and oxygen atoms in total. The molecule has 0 bridgehead atoms. The Morgan fingerprint density at radius 3 is 2.42 bits per heavy atom. The third-order valence-electron chi connectivity index (χ3n) is 7.30. The quantitative estimate of drug-likeness (QED) is 0.311. The van der Waals surface area contributed by atoms with Crippen LogP contribution in [0.2, 0.25) is 0 Å². The van der Waals surface area contributed by atoms with E-state index >= 15 is 8.78 Å². The fourth-order valence-electron chi connectivity index (χ4n) is 5.58. The van der Waals surface area contributed by atoms with Crippen molar-refractivity contribution in [3.05, 3.63) is 100 Å². The van der Waals surface area contributed by atoms with Crippen LogP contribution in [0.5, 0.6) is 0 Å². The van der Waals surface area contributed by atoms with Gasteiger partial charge in [0.2, 0.25) is 0 Å². The lowest BCUT2D eigenvalue weighted by Gasteiger charge is -2.34. The average Bonchev–Trinajstić information content (AvgIpc) is 3.25. The highest BCUT2D eigenvalue weighted by Crippen LogP contribution is 2.39. The van der Waals surface area contributed by atoms with Crippen molar-refractivity contribution in [3.8, 4) is 16.9 Å². The maximum Gasteiger partial charge on any atom is 0.316 e. The average molecular weight is 516 g/mol. The number of benzene rings is 3. The van der Waals surface area contributed by atoms with Gasteiger partial charge in [-0.05, 0) is 43.0 Å². The molecule has 1 aliphatic heterocycles. The standard InChI is InChI=1S/C30H31F2N5O/c1-4-27(20-11-6-5-7-12-20)36-14-13-25-22(17-36)29(37(35-25)28-18(2)9-8-10-19(28)3)21-15-24(32)26(16-23(21)31)34-30(33)38/h5-12,15-16,27H,4,13-14,17H2,1-3H3,(H3,33,34,38). The van der Waals surface area contributed by atoms with Crippen LogP contribution in [0.1, 0.15) is 47.3 Å². The van der Waals surface area contributed by atoms with Crippen molar-refractivity contribution in [1.29, 1.82) is 0 Å². The number of anilines is 1. The van der Waals surface area contributed by atoms with Crippen molar-refractivity contribution in [2.75, 3.05) is 11.9 Å². The number of aromatic nitrogens is 2. The molecule has 1 atom stereocenters. The van der Waals surface area contributed by atoms with E-state index in [2.05, 4.69) is 29.3 Å². The summed E-state index contributed by atoms with van der Waals surface area (Å²) in [6.45, 7) is 7.48. The van der Waals surface area contributed by atoms with Crippen LogP contribution in [0.3, 0.4) is 0 Å². The number of hydrogen-bond acceptors (Lipinski definition) is 3. The highest BCUT2D eigenvalue weighted by atomic mass is 19.1. The van der Waals surface area contributed by atoms with E-state index in [1.807, 2.05) is 50.2 Å². The lowest BCUT2D eigenvalue weighted by Crippen LogP contribution is -2.34. The lowest BCUT2D eigenvalue weighted by molar-refractivity contribution is 0.174. The van der Waals surface area contributed by atoms with Crippen LogP contribution >= 0.6 is 0 Å². The van der Waals surface area contributed by atoms with Crippen molar-refractivity contribution in [1.82, 2.24) is 14.7 Å². The lowest BCUT2D eigenvalue weighted by atomic mass is 9.95. The van der Waals surface area contributed by atoms with Gasteiger partial charge in [0, 0.05) is 42.7 Å². The zero-order chi connectivity index (χ0) is 27.0. The van der Waals surface area contributed by atoms with Gasteiger partial charge < -0.3 is 11.1 Å². The summed E-state index contributed by atoms with van der Waals surface area (Å²) in [6.07, 6.45) is 1.60. The molecular weight excluding hydrogens is 484 g/mol. The molecular formula is C30H31F2N5O. The number of aryl methyl sites for hydroxylation is 2. The van der Waals surface area contributed by atoms with Crippen LogP contribution in [0, 0.1) is 25.5 Å². The van der Waals surface area contributed by atoms with Crippen LogP contribution in [0.25, 0.3) is 16.9 Å². The highest BCUT2D eigenvalue weighted by Gasteiger charge is 2.31. The van der Waals surface area contributed by atoms with Crippen molar-refractivity contribution < 1.29 is 13.6 Å². The van der Waals surface area contributed by atoms with Crippen LogP contribution < -0.4 is 11.1 Å². The molecule has 1 aliphatic rings. The van der Waals surface area contributed by atoms with Crippen LogP contribution in [-0.2, 0) is 13.0 Å². The van der Waals surface area contributed by atoms with E-state index in [1.54, 1.807) is 4.68 Å². The Kier molecular flexibility index (Phi) is 6.99. The molecule has 0 aliphatic carbocycles. The van der Waals surface area contributed by atoms with Crippen molar-refractivity contribution >= 4 is 11.7 Å². The molecule has 3 aromatic carbocycles. The third-order valence-corrected chi connectivity index (χ3v) is 7.30. The predicted octanol–water partition coefficient (Wildman–Crippen LogP) is 6.43. The zero-order valence-corrected chi connectivity index (χ0v) is 21.8. The van der Waals surface area contributed by atoms with E-state index in [0.717, 1.165) is 53.2 Å². The number of nitrogens with two attached hydrogens (primary N) is 1. The molecule has 0 fully saturated rings. The minimum absolute atomic E-state index is 0.0866. The zero-order valence-electron chi connectivity index (χ0n) is 21.8. The summed E-state index contributed by atoms with van der Waals surface area (Å²) in [5, 5.41) is 7.12. The molecule has 8 heteroatoms. The molecule has 196 valence electrons. The largest absolute Gasteiger partial charge is 0.351 e. The number of carbonyl (C=O) groups excluding carboxylic acids is 1. The number of rotatable bonds is 6. The second-order valence-electron chi connectivity index (χ2n) is 9.78. The van der Waals surface area contributed by atoms with Gasteiger partial charge in [-0.3, -0.25) is 4.90 Å². The fraction of sp³-hybridized carbons (Fsp3) is 0.267. The van der Waals surface area contributed by atoms with Gasteiger partial charge in [0.25, 0.3) is 0 Å². The number of primary amides is 1. The number of fused-ring (bicyclic) bond motifs is 1. The molecule has 0 spiro atoms. The van der Waals surface area contributed by atoms with Crippen LogP contribution in [0.4, 0.5) is 19.3 Å². The second-order valence-corrected chi connectivity index (χ2v) is 9.78. The Morgan fingerprint density at radius 2 is 1.76 bits per heavy atom.